The topological polar surface area (TPSA) is 26.3 Å². The zero-order chi connectivity index (χ0) is 19.1. The summed E-state index contributed by atoms with van der Waals surface area (Å²) in [4.78, 5) is 13.5. The summed E-state index contributed by atoms with van der Waals surface area (Å²) in [7, 11) is 0. The van der Waals surface area contributed by atoms with Gasteiger partial charge in [0.15, 0.2) is 0 Å². The molecule has 0 aliphatic heterocycles. The second-order valence-electron chi connectivity index (χ2n) is 9.64. The highest BCUT2D eigenvalue weighted by atomic mass is 16.5. The van der Waals surface area contributed by atoms with Crippen molar-refractivity contribution >= 4 is 27.5 Å². The van der Waals surface area contributed by atoms with E-state index in [0.29, 0.717) is 5.92 Å². The number of hydrogen-bond donors (Lipinski definition) is 0. The van der Waals surface area contributed by atoms with Gasteiger partial charge in [0.1, 0.15) is 6.10 Å². The van der Waals surface area contributed by atoms with Crippen molar-refractivity contribution in [3.63, 3.8) is 0 Å². The second-order valence-corrected chi connectivity index (χ2v) is 9.64. The number of hydrogen-bond acceptors (Lipinski definition) is 2. The maximum atomic E-state index is 13.5. The Balaban J connectivity index is 1.27. The Morgan fingerprint density at radius 1 is 0.793 bits per heavy atom. The van der Waals surface area contributed by atoms with E-state index in [1.807, 2.05) is 24.3 Å². The van der Waals surface area contributed by atoms with Crippen molar-refractivity contribution in [3.8, 4) is 0 Å². The molecule has 29 heavy (non-hydrogen) atoms. The Bertz CT molecular complexity index is 1140. The normalized spacial score (nSPS) is 36.2. The minimum Gasteiger partial charge on any atom is -0.458 e. The monoisotopic (exact) mass is 380 g/mol. The van der Waals surface area contributed by atoms with Crippen molar-refractivity contribution in [3.05, 3.63) is 72.3 Å². The van der Waals surface area contributed by atoms with Crippen LogP contribution in [0.2, 0.25) is 0 Å². The molecule has 7 rings (SSSR count). The summed E-state index contributed by atoms with van der Waals surface area (Å²) in [5.41, 5.74) is 0.742. The molecule has 4 bridgehead atoms. The third-order valence-electron chi connectivity index (χ3n) is 8.44. The maximum Gasteiger partial charge on any atom is 0.339 e. The second kappa shape index (κ2) is 5.72. The molecular formula is C27H24O2. The number of rotatable bonds is 2. The molecule has 0 radical (unpaired) electrons. The first-order chi connectivity index (χ1) is 14.3. The molecule has 0 heterocycles. The van der Waals surface area contributed by atoms with Crippen LogP contribution in [0.3, 0.4) is 0 Å². The van der Waals surface area contributed by atoms with Gasteiger partial charge in [-0.3, -0.25) is 0 Å². The SMILES string of the molecule is O=C(OC1CC2CC1C1C3C=CC(C3)C21)c1c2ccccc2cc2ccccc12. The fraction of sp³-hybridized carbons (Fsp3) is 0.370. The molecule has 2 heteroatoms. The number of ether oxygens (including phenoxy) is 1. The van der Waals surface area contributed by atoms with Crippen molar-refractivity contribution in [2.75, 3.05) is 0 Å². The molecule has 0 N–H and O–H groups in total. The molecule has 7 unspecified atom stereocenters. The Kier molecular flexibility index (Phi) is 3.20. The molecule has 0 spiro atoms. The molecule has 4 aliphatic rings. The quantitative estimate of drug-likeness (QED) is 0.236. The number of carbonyl (C=O) groups excluding carboxylic acids is 1. The summed E-state index contributed by atoms with van der Waals surface area (Å²) in [6.07, 6.45) is 8.69. The Morgan fingerprint density at radius 3 is 2.17 bits per heavy atom. The van der Waals surface area contributed by atoms with Gasteiger partial charge in [-0.2, -0.15) is 0 Å². The van der Waals surface area contributed by atoms with Crippen LogP contribution in [0.1, 0.15) is 29.6 Å². The van der Waals surface area contributed by atoms with E-state index in [4.69, 9.17) is 4.74 Å². The van der Waals surface area contributed by atoms with Gasteiger partial charge in [-0.1, -0.05) is 60.7 Å². The summed E-state index contributed by atoms with van der Waals surface area (Å²) in [5.74, 6) is 4.35. The third-order valence-corrected chi connectivity index (χ3v) is 8.44. The van der Waals surface area contributed by atoms with Gasteiger partial charge in [-0.25, -0.2) is 4.79 Å². The van der Waals surface area contributed by atoms with E-state index in [2.05, 4.69) is 42.5 Å². The van der Waals surface area contributed by atoms with Crippen molar-refractivity contribution in [2.45, 2.75) is 25.4 Å². The smallest absolute Gasteiger partial charge is 0.339 e. The first kappa shape index (κ1) is 16.2. The molecule has 0 aromatic heterocycles. The van der Waals surface area contributed by atoms with Gasteiger partial charge < -0.3 is 4.74 Å². The lowest BCUT2D eigenvalue weighted by Gasteiger charge is -2.36. The number of allylic oxidation sites excluding steroid dienone is 2. The zero-order valence-corrected chi connectivity index (χ0v) is 16.3. The summed E-state index contributed by atoms with van der Waals surface area (Å²) in [5, 5.41) is 4.20. The number of esters is 1. The standard InChI is InChI=1S/C27H24O2/c28-27(26-20-7-3-1-5-15(20)11-16-6-2-4-8-21(16)26)29-23-14-19-13-22(23)25-18-10-9-17(12-18)24(19)25/h1-11,17-19,22-25H,12-14H2. The first-order valence-corrected chi connectivity index (χ1v) is 11.1. The molecule has 0 saturated heterocycles. The van der Waals surface area contributed by atoms with Crippen molar-refractivity contribution in [1.82, 2.24) is 0 Å². The van der Waals surface area contributed by atoms with Gasteiger partial charge >= 0.3 is 5.97 Å². The molecule has 7 atom stereocenters. The highest BCUT2D eigenvalue weighted by molar-refractivity contribution is 6.16. The zero-order valence-electron chi connectivity index (χ0n) is 16.3. The molecule has 3 aromatic rings. The van der Waals surface area contributed by atoms with Crippen LogP contribution in [0.5, 0.6) is 0 Å². The first-order valence-electron chi connectivity index (χ1n) is 11.1. The lowest BCUT2D eigenvalue weighted by Crippen LogP contribution is -2.36. The predicted octanol–water partition coefficient (Wildman–Crippen LogP) is 6.00. The molecule has 3 saturated carbocycles. The van der Waals surface area contributed by atoms with Gasteiger partial charge in [0.2, 0.25) is 0 Å². The predicted molar refractivity (Wildman–Crippen MR) is 115 cm³/mol. The summed E-state index contributed by atoms with van der Waals surface area (Å²) < 4.78 is 6.30. The van der Waals surface area contributed by atoms with Crippen LogP contribution in [-0.4, -0.2) is 12.1 Å². The fourth-order valence-corrected chi connectivity index (χ4v) is 7.52. The van der Waals surface area contributed by atoms with Crippen LogP contribution < -0.4 is 0 Å². The summed E-state index contributed by atoms with van der Waals surface area (Å²) >= 11 is 0. The van der Waals surface area contributed by atoms with E-state index in [0.717, 1.165) is 63.1 Å². The van der Waals surface area contributed by atoms with E-state index in [9.17, 15) is 4.79 Å². The van der Waals surface area contributed by atoms with Gasteiger partial charge in [-0.05, 0) is 82.4 Å². The van der Waals surface area contributed by atoms with Gasteiger partial charge in [0, 0.05) is 0 Å². The van der Waals surface area contributed by atoms with E-state index in [1.165, 1.54) is 12.8 Å². The van der Waals surface area contributed by atoms with Crippen molar-refractivity contribution in [2.24, 2.45) is 35.5 Å². The molecular weight excluding hydrogens is 356 g/mol. The molecule has 4 aliphatic carbocycles. The van der Waals surface area contributed by atoms with Crippen LogP contribution in [0.15, 0.2) is 66.7 Å². The molecule has 2 nitrogen and oxygen atoms in total. The third kappa shape index (κ3) is 2.15. The molecule has 3 aromatic carbocycles. The van der Waals surface area contributed by atoms with E-state index in [1.54, 1.807) is 0 Å². The molecule has 3 fully saturated rings. The summed E-state index contributed by atoms with van der Waals surface area (Å²) in [6, 6.07) is 18.5. The Labute approximate surface area is 170 Å². The van der Waals surface area contributed by atoms with E-state index < -0.39 is 0 Å². The molecule has 144 valence electrons. The van der Waals surface area contributed by atoms with Gasteiger partial charge in [0.05, 0.1) is 5.56 Å². The van der Waals surface area contributed by atoms with Crippen LogP contribution in [-0.2, 0) is 4.74 Å². The summed E-state index contributed by atoms with van der Waals surface area (Å²) in [6.45, 7) is 0. The van der Waals surface area contributed by atoms with E-state index in [-0.39, 0.29) is 12.1 Å². The van der Waals surface area contributed by atoms with Gasteiger partial charge in [0.25, 0.3) is 0 Å². The lowest BCUT2D eigenvalue weighted by molar-refractivity contribution is -0.00373. The van der Waals surface area contributed by atoms with Gasteiger partial charge in [-0.15, -0.1) is 0 Å². The number of benzene rings is 3. The van der Waals surface area contributed by atoms with Crippen LogP contribution in [0.25, 0.3) is 21.5 Å². The average molecular weight is 380 g/mol. The lowest BCUT2D eigenvalue weighted by atomic mass is 9.72. The highest BCUT2D eigenvalue weighted by Crippen LogP contribution is 2.65. The maximum absolute atomic E-state index is 13.5. The Hall–Kier alpha value is -2.61. The van der Waals surface area contributed by atoms with Crippen LogP contribution >= 0.6 is 0 Å². The van der Waals surface area contributed by atoms with Crippen molar-refractivity contribution < 1.29 is 9.53 Å². The fourth-order valence-electron chi connectivity index (χ4n) is 7.52. The molecule has 0 amide bonds. The minimum absolute atomic E-state index is 0.0965. The van der Waals surface area contributed by atoms with Crippen LogP contribution in [0, 0.1) is 35.5 Å². The van der Waals surface area contributed by atoms with E-state index >= 15 is 0 Å². The van der Waals surface area contributed by atoms with Crippen LogP contribution in [0.4, 0.5) is 0 Å². The average Bonchev–Trinajstić information content (AvgIpc) is 3.51. The minimum atomic E-state index is -0.134. The Morgan fingerprint density at radius 2 is 1.45 bits per heavy atom. The highest BCUT2D eigenvalue weighted by Gasteiger charge is 2.62. The largest absolute Gasteiger partial charge is 0.458 e. The number of carbonyl (C=O) groups is 1. The number of fused-ring (bicyclic) bond motifs is 11. The van der Waals surface area contributed by atoms with Crippen molar-refractivity contribution in [1.29, 1.82) is 0 Å².